The third kappa shape index (κ3) is 28.0. The van der Waals surface area contributed by atoms with Crippen molar-refractivity contribution in [2.75, 3.05) is 52.9 Å². The maximum Gasteiger partial charge on any atom is 0.186 e. The normalized spacial score (nSPS) is 21.0. The molecule has 520 valence electrons. The van der Waals surface area contributed by atoms with E-state index in [-0.39, 0.29) is 94.3 Å². The monoisotopic (exact) mass is 1260 g/mol. The van der Waals surface area contributed by atoms with Crippen molar-refractivity contribution in [2.24, 2.45) is 10.8 Å². The topological polar surface area (TPSA) is 170 Å². The zero-order valence-electron chi connectivity index (χ0n) is 61.3. The molecule has 15 heteroatoms. The first-order chi connectivity index (χ1) is 41.3. The van der Waals surface area contributed by atoms with E-state index in [2.05, 4.69) is 109 Å². The van der Waals surface area contributed by atoms with Gasteiger partial charge in [0.25, 0.3) is 0 Å². The summed E-state index contributed by atoms with van der Waals surface area (Å²) in [7, 11) is 0. The minimum Gasteiger partial charge on any atom is -0.380 e. The van der Waals surface area contributed by atoms with Crippen LogP contribution in [-0.2, 0) is 71.3 Å². The van der Waals surface area contributed by atoms with E-state index in [4.69, 9.17) is 52.1 Å². The molecule has 0 aliphatic heterocycles. The highest BCUT2D eigenvalue weighted by Crippen LogP contribution is 2.38. The fourth-order valence-corrected chi connectivity index (χ4v) is 10.9. The molecule has 15 nitrogen and oxygen atoms in total. The molecule has 0 aromatic rings. The van der Waals surface area contributed by atoms with Crippen molar-refractivity contribution in [1.29, 1.82) is 0 Å². The van der Waals surface area contributed by atoms with Gasteiger partial charge in [0.05, 0.1) is 123 Å². The first-order valence-electron chi connectivity index (χ1n) is 34.0. The van der Waals surface area contributed by atoms with Gasteiger partial charge in [-0.25, -0.2) is 0 Å². The molecule has 0 amide bonds. The molecule has 14 atom stereocenters. The maximum atomic E-state index is 13.2. The van der Waals surface area contributed by atoms with Crippen LogP contribution in [0.15, 0.2) is 50.6 Å². The summed E-state index contributed by atoms with van der Waals surface area (Å²) in [5.41, 5.74) is -9.14. The van der Waals surface area contributed by atoms with Crippen molar-refractivity contribution >= 4 is 23.1 Å². The van der Waals surface area contributed by atoms with Crippen LogP contribution in [0.25, 0.3) is 0 Å². The number of carbonyl (C=O) groups excluding carboxylic acids is 4. The highest BCUT2D eigenvalue weighted by atomic mass is 16.6. The Labute approximate surface area is 544 Å². The quantitative estimate of drug-likeness (QED) is 0.0527. The van der Waals surface area contributed by atoms with Gasteiger partial charge in [-0.1, -0.05) is 95.6 Å². The minimum atomic E-state index is -1.07. The lowest BCUT2D eigenvalue weighted by atomic mass is 9.87. The summed E-state index contributed by atoms with van der Waals surface area (Å²) in [6.07, 6.45) is 11.4. The van der Waals surface area contributed by atoms with Crippen LogP contribution in [0, 0.1) is 10.8 Å². The second kappa shape index (κ2) is 39.2. The van der Waals surface area contributed by atoms with Gasteiger partial charge in [-0.15, -0.1) is 0 Å². The van der Waals surface area contributed by atoms with E-state index in [1.54, 1.807) is 0 Å². The van der Waals surface area contributed by atoms with Gasteiger partial charge >= 0.3 is 0 Å². The molecule has 0 saturated heterocycles. The van der Waals surface area contributed by atoms with Crippen molar-refractivity contribution in [3.05, 3.63) is 50.6 Å². The molecule has 0 aliphatic rings. The van der Waals surface area contributed by atoms with Crippen LogP contribution in [0.5, 0.6) is 0 Å². The SMILES string of the molecule is C=CC(=O)C(C)(CC)OC(C)CC(C)(CC)OCC(COCC(COC(C)(CC)CC(C)OC(C)(CC)C(=O)C=C)(COC(C)(CC)CC(C)OC(C)(CC)C(=O)C=C)COC(C)(CC)CC(C)OC(C)(CC)C(=O)C=C)(COC(C)CC)COC(C)CC. The van der Waals surface area contributed by atoms with Gasteiger partial charge in [-0.05, 0) is 185 Å². The number of ketones is 4. The lowest BCUT2D eigenvalue weighted by Crippen LogP contribution is -2.51. The highest BCUT2D eigenvalue weighted by Gasteiger charge is 2.46. The molecule has 0 rings (SSSR count). The van der Waals surface area contributed by atoms with Gasteiger partial charge in [0.15, 0.2) is 23.1 Å². The molecule has 0 saturated carbocycles. The van der Waals surface area contributed by atoms with Gasteiger partial charge in [0, 0.05) is 25.7 Å². The predicted molar refractivity (Wildman–Crippen MR) is 362 cm³/mol. The van der Waals surface area contributed by atoms with Crippen molar-refractivity contribution < 1.29 is 71.3 Å². The molecule has 89 heavy (non-hydrogen) atoms. The Bertz CT molecular complexity index is 1980. The zero-order chi connectivity index (χ0) is 68.9. The fraction of sp³-hybridized carbons (Fsp3) is 0.838. The Hall–Kier alpha value is -2.80. The Balaban J connectivity index is 8.55. The lowest BCUT2D eigenvalue weighted by Gasteiger charge is -2.44. The Kier molecular flexibility index (Phi) is 37.9. The molecular weight excluding hydrogens is 1130 g/mol. The van der Waals surface area contributed by atoms with E-state index in [0.29, 0.717) is 77.0 Å². The van der Waals surface area contributed by atoms with Gasteiger partial charge in [-0.2, -0.15) is 0 Å². The number of rotatable bonds is 56. The van der Waals surface area contributed by atoms with Crippen molar-refractivity contribution in [3.63, 3.8) is 0 Å². The van der Waals surface area contributed by atoms with Gasteiger partial charge in [0.1, 0.15) is 22.4 Å². The van der Waals surface area contributed by atoms with Crippen LogP contribution in [0.3, 0.4) is 0 Å². The summed E-state index contributed by atoms with van der Waals surface area (Å²) in [6.45, 7) is 64.2. The van der Waals surface area contributed by atoms with Gasteiger partial charge < -0.3 is 52.1 Å². The molecule has 0 bridgehead atoms. The summed E-state index contributed by atoms with van der Waals surface area (Å²) in [4.78, 5) is 52.7. The van der Waals surface area contributed by atoms with E-state index >= 15 is 0 Å². The molecule has 0 aliphatic carbocycles. The average Bonchev–Trinajstić information content (AvgIpc) is 2.96. The van der Waals surface area contributed by atoms with E-state index in [1.165, 1.54) is 24.3 Å². The largest absolute Gasteiger partial charge is 0.380 e. The molecule has 0 radical (unpaired) electrons. The average molecular weight is 1260 g/mol. The van der Waals surface area contributed by atoms with E-state index in [1.807, 2.05) is 83.1 Å². The Morgan fingerprint density at radius 2 is 0.517 bits per heavy atom. The number of hydrogen-bond acceptors (Lipinski definition) is 15. The molecule has 0 heterocycles. The number of ether oxygens (including phenoxy) is 11. The summed E-state index contributed by atoms with van der Waals surface area (Å²) >= 11 is 0. The van der Waals surface area contributed by atoms with E-state index in [0.717, 1.165) is 12.8 Å². The molecule has 0 fully saturated rings. The first kappa shape index (κ1) is 86.2. The smallest absolute Gasteiger partial charge is 0.186 e. The Morgan fingerprint density at radius 1 is 0.315 bits per heavy atom. The second-order valence-corrected chi connectivity index (χ2v) is 28.1. The van der Waals surface area contributed by atoms with Crippen LogP contribution < -0.4 is 0 Å². The van der Waals surface area contributed by atoms with Gasteiger partial charge in [-0.3, -0.25) is 19.2 Å². The zero-order valence-corrected chi connectivity index (χ0v) is 61.3. The van der Waals surface area contributed by atoms with Crippen LogP contribution in [0.1, 0.15) is 256 Å². The van der Waals surface area contributed by atoms with Crippen LogP contribution in [0.4, 0.5) is 0 Å². The number of hydrogen-bond donors (Lipinski definition) is 0. The lowest BCUT2D eigenvalue weighted by molar-refractivity contribution is -0.209. The third-order valence-electron chi connectivity index (χ3n) is 19.5. The van der Waals surface area contributed by atoms with Gasteiger partial charge in [0.2, 0.25) is 0 Å². The molecular formula is C74H134O15. The van der Waals surface area contributed by atoms with Crippen LogP contribution in [-0.4, -0.2) is 157 Å². The fourth-order valence-electron chi connectivity index (χ4n) is 10.9. The van der Waals surface area contributed by atoms with E-state index in [9.17, 15) is 19.2 Å². The van der Waals surface area contributed by atoms with Crippen molar-refractivity contribution in [2.45, 2.75) is 337 Å². The van der Waals surface area contributed by atoms with Crippen LogP contribution >= 0.6 is 0 Å². The summed E-state index contributed by atoms with van der Waals surface area (Å²) in [5, 5.41) is 0. The van der Waals surface area contributed by atoms with Crippen molar-refractivity contribution in [1.82, 2.24) is 0 Å². The summed E-state index contributed by atoms with van der Waals surface area (Å²) < 4.78 is 76.3. The van der Waals surface area contributed by atoms with Crippen molar-refractivity contribution in [3.8, 4) is 0 Å². The van der Waals surface area contributed by atoms with E-state index < -0.39 is 74.0 Å². The highest BCUT2D eigenvalue weighted by molar-refractivity contribution is 5.97. The molecule has 0 aromatic carbocycles. The minimum absolute atomic E-state index is 0.0816. The second-order valence-electron chi connectivity index (χ2n) is 28.1. The van der Waals surface area contributed by atoms with Crippen LogP contribution in [0.2, 0.25) is 0 Å². The Morgan fingerprint density at radius 3 is 0.685 bits per heavy atom. The maximum absolute atomic E-state index is 13.2. The first-order valence-corrected chi connectivity index (χ1v) is 34.0. The summed E-state index contributed by atoms with van der Waals surface area (Å²) in [5.74, 6) is -0.715. The molecule has 0 aromatic heterocycles. The third-order valence-corrected chi connectivity index (χ3v) is 19.5. The predicted octanol–water partition coefficient (Wildman–Crippen LogP) is 16.2. The standard InChI is InChI=1S/C74H134O15/c1-29-55(15)80-49-73(50-81-56(16)30-2,51-82-65(21,35-7)43-57(17)86-69(25,39-11)61(75)31-3)47-79-48-74(52-83-66(22,36-8)44-58(18)87-70(26,40-12)62(76)32-4,53-84-67(23,37-9)45-59(19)88-71(27,41-13)63(77)33-5)54-85-68(24,38-10)46-60(20)89-72(28,42-14)64(78)34-6/h31-34,55-60H,3-6,29-30,35-54H2,1-2,7-28H3. The molecule has 14 unspecified atom stereocenters. The summed E-state index contributed by atoms with van der Waals surface area (Å²) in [6, 6.07) is 0. The molecule has 0 N–H and O–H groups in total. The molecule has 0 spiro atoms. The number of carbonyl (C=O) groups is 4.